The number of nitrogens with one attached hydrogen (secondary N) is 1. The van der Waals surface area contributed by atoms with Crippen molar-refractivity contribution in [3.05, 3.63) is 24.3 Å². The van der Waals surface area contributed by atoms with Crippen LogP contribution in [0.4, 0.5) is 23.7 Å². The van der Waals surface area contributed by atoms with Gasteiger partial charge in [-0.2, -0.15) is 0 Å². The molecule has 1 aromatic rings. The molecule has 9 heteroatoms. The molecule has 2 heterocycles. The van der Waals surface area contributed by atoms with Crippen LogP contribution in [-0.2, 0) is 4.79 Å². The van der Waals surface area contributed by atoms with E-state index in [1.54, 1.807) is 4.90 Å². The van der Waals surface area contributed by atoms with Gasteiger partial charge in [0.1, 0.15) is 5.75 Å². The Kier molecular flexibility index (Phi) is 5.21. The van der Waals surface area contributed by atoms with Crippen molar-refractivity contribution in [2.24, 2.45) is 5.41 Å². The van der Waals surface area contributed by atoms with Gasteiger partial charge in [0.05, 0.1) is 5.41 Å². The summed E-state index contributed by atoms with van der Waals surface area (Å²) < 4.78 is 40.3. The standard InChI is InChI=1S/C18H22F3N3O3/c1-2-9-23-10-7-17(15(23)25)8-11-24(12-17)16(26)22-13-3-5-14(6-4-13)27-18(19,20)21/h3-6H,2,7-12H2,1H3,(H,22,26). The lowest BCUT2D eigenvalue weighted by atomic mass is 9.85. The zero-order valence-electron chi connectivity index (χ0n) is 15.0. The van der Waals surface area contributed by atoms with Crippen LogP contribution in [0.15, 0.2) is 24.3 Å². The normalized spacial score (nSPS) is 22.6. The fourth-order valence-corrected chi connectivity index (χ4v) is 3.74. The Hall–Kier alpha value is -2.45. The number of nitrogens with zero attached hydrogens (tertiary/aromatic N) is 2. The number of hydrogen-bond donors (Lipinski definition) is 1. The molecule has 148 valence electrons. The van der Waals surface area contributed by atoms with Crippen LogP contribution >= 0.6 is 0 Å². The summed E-state index contributed by atoms with van der Waals surface area (Å²) in [5.74, 6) is -0.235. The van der Waals surface area contributed by atoms with Gasteiger partial charge in [0.2, 0.25) is 5.91 Å². The predicted molar refractivity (Wildman–Crippen MR) is 92.3 cm³/mol. The molecule has 3 rings (SSSR count). The fraction of sp³-hybridized carbons (Fsp3) is 0.556. The predicted octanol–water partition coefficient (Wildman–Crippen LogP) is 3.45. The quantitative estimate of drug-likeness (QED) is 0.864. The summed E-state index contributed by atoms with van der Waals surface area (Å²) in [7, 11) is 0. The van der Waals surface area contributed by atoms with Crippen LogP contribution in [-0.4, -0.2) is 54.3 Å². The first-order valence-electron chi connectivity index (χ1n) is 8.93. The van der Waals surface area contributed by atoms with Gasteiger partial charge in [-0.05, 0) is 43.5 Å². The number of likely N-dealkylation sites (tertiary alicyclic amines) is 2. The van der Waals surface area contributed by atoms with Gasteiger partial charge in [0, 0.05) is 31.9 Å². The third-order valence-electron chi connectivity index (χ3n) is 5.07. The number of carbonyl (C=O) groups is 2. The summed E-state index contributed by atoms with van der Waals surface area (Å²) in [5, 5.41) is 2.66. The number of anilines is 1. The van der Waals surface area contributed by atoms with E-state index in [0.29, 0.717) is 25.2 Å². The van der Waals surface area contributed by atoms with E-state index in [2.05, 4.69) is 10.1 Å². The number of benzene rings is 1. The average molecular weight is 385 g/mol. The zero-order valence-corrected chi connectivity index (χ0v) is 15.0. The van der Waals surface area contributed by atoms with E-state index in [4.69, 9.17) is 0 Å². The number of ether oxygens (including phenoxy) is 1. The topological polar surface area (TPSA) is 61.9 Å². The highest BCUT2D eigenvalue weighted by atomic mass is 19.4. The lowest BCUT2D eigenvalue weighted by Gasteiger charge is -2.23. The number of alkyl halides is 3. The van der Waals surface area contributed by atoms with Crippen molar-refractivity contribution < 1.29 is 27.5 Å². The second-order valence-electron chi connectivity index (χ2n) is 7.00. The van der Waals surface area contributed by atoms with E-state index >= 15 is 0 Å². The molecular formula is C18H22F3N3O3. The molecule has 1 aromatic carbocycles. The number of urea groups is 1. The maximum absolute atomic E-state index is 12.7. The van der Waals surface area contributed by atoms with Crippen LogP contribution < -0.4 is 10.1 Å². The van der Waals surface area contributed by atoms with E-state index < -0.39 is 11.8 Å². The lowest BCUT2D eigenvalue weighted by Crippen LogP contribution is -2.39. The van der Waals surface area contributed by atoms with Gasteiger partial charge in [-0.1, -0.05) is 6.92 Å². The van der Waals surface area contributed by atoms with E-state index in [0.717, 1.165) is 38.1 Å². The molecule has 1 unspecified atom stereocenters. The molecule has 2 aliphatic heterocycles. The molecule has 1 N–H and O–H groups in total. The van der Waals surface area contributed by atoms with Gasteiger partial charge in [-0.25, -0.2) is 4.79 Å². The maximum atomic E-state index is 12.7. The molecule has 0 radical (unpaired) electrons. The van der Waals surface area contributed by atoms with Crippen molar-refractivity contribution >= 4 is 17.6 Å². The molecular weight excluding hydrogens is 363 g/mol. The Balaban J connectivity index is 1.57. The van der Waals surface area contributed by atoms with Crippen LogP contribution in [0.5, 0.6) is 5.75 Å². The van der Waals surface area contributed by atoms with Gasteiger partial charge < -0.3 is 19.9 Å². The molecule has 27 heavy (non-hydrogen) atoms. The molecule has 2 aliphatic rings. The third-order valence-corrected chi connectivity index (χ3v) is 5.07. The summed E-state index contributed by atoms with van der Waals surface area (Å²) in [5.41, 5.74) is -0.127. The summed E-state index contributed by atoms with van der Waals surface area (Å²) in [6.45, 7) is 4.33. The molecule has 1 atom stereocenters. The molecule has 3 amide bonds. The van der Waals surface area contributed by atoms with Crippen LogP contribution in [0.25, 0.3) is 0 Å². The van der Waals surface area contributed by atoms with Crippen molar-refractivity contribution in [3.63, 3.8) is 0 Å². The van der Waals surface area contributed by atoms with E-state index in [9.17, 15) is 22.8 Å². The van der Waals surface area contributed by atoms with Gasteiger partial charge in [0.25, 0.3) is 0 Å². The Morgan fingerprint density at radius 1 is 1.22 bits per heavy atom. The first-order valence-corrected chi connectivity index (χ1v) is 8.93. The van der Waals surface area contributed by atoms with Crippen molar-refractivity contribution in [1.82, 2.24) is 9.80 Å². The van der Waals surface area contributed by atoms with Crippen molar-refractivity contribution in [3.8, 4) is 5.75 Å². The molecule has 6 nitrogen and oxygen atoms in total. The molecule has 2 saturated heterocycles. The van der Waals surface area contributed by atoms with Gasteiger partial charge in [0.15, 0.2) is 0 Å². The summed E-state index contributed by atoms with van der Waals surface area (Å²) >= 11 is 0. The Labute approximate surface area is 155 Å². The zero-order chi connectivity index (χ0) is 19.7. The van der Waals surface area contributed by atoms with E-state index in [1.807, 2.05) is 11.8 Å². The summed E-state index contributed by atoms with van der Waals surface area (Å²) in [6.07, 6.45) is -2.47. The molecule has 0 aliphatic carbocycles. The van der Waals surface area contributed by atoms with E-state index in [-0.39, 0.29) is 17.7 Å². The highest BCUT2D eigenvalue weighted by Crippen LogP contribution is 2.40. The molecule has 0 saturated carbocycles. The summed E-state index contributed by atoms with van der Waals surface area (Å²) in [6, 6.07) is 4.59. The second-order valence-corrected chi connectivity index (χ2v) is 7.00. The van der Waals surface area contributed by atoms with Crippen LogP contribution in [0.3, 0.4) is 0 Å². The minimum atomic E-state index is -4.76. The molecule has 0 bridgehead atoms. The van der Waals surface area contributed by atoms with Crippen molar-refractivity contribution in [2.75, 3.05) is 31.5 Å². The Morgan fingerprint density at radius 3 is 2.52 bits per heavy atom. The number of hydrogen-bond acceptors (Lipinski definition) is 3. The first-order chi connectivity index (χ1) is 12.7. The lowest BCUT2D eigenvalue weighted by molar-refractivity contribution is -0.274. The number of halogens is 3. The fourth-order valence-electron chi connectivity index (χ4n) is 3.74. The molecule has 0 aromatic heterocycles. The monoisotopic (exact) mass is 385 g/mol. The SMILES string of the molecule is CCCN1CCC2(CCN(C(=O)Nc3ccc(OC(F)(F)F)cc3)C2)C1=O. The van der Waals surface area contributed by atoms with Crippen LogP contribution in [0.2, 0.25) is 0 Å². The largest absolute Gasteiger partial charge is 0.573 e. The molecule has 1 spiro atoms. The van der Waals surface area contributed by atoms with Crippen molar-refractivity contribution in [1.29, 1.82) is 0 Å². The third kappa shape index (κ3) is 4.28. The Bertz CT molecular complexity index is 708. The van der Waals surface area contributed by atoms with Crippen LogP contribution in [0.1, 0.15) is 26.2 Å². The molecule has 2 fully saturated rings. The Morgan fingerprint density at radius 2 is 1.89 bits per heavy atom. The van der Waals surface area contributed by atoms with Crippen molar-refractivity contribution in [2.45, 2.75) is 32.5 Å². The smallest absolute Gasteiger partial charge is 0.406 e. The number of carbonyl (C=O) groups excluding carboxylic acids is 2. The highest BCUT2D eigenvalue weighted by Gasteiger charge is 2.51. The van der Waals surface area contributed by atoms with E-state index in [1.165, 1.54) is 12.1 Å². The minimum Gasteiger partial charge on any atom is -0.406 e. The minimum absolute atomic E-state index is 0.119. The maximum Gasteiger partial charge on any atom is 0.573 e. The highest BCUT2D eigenvalue weighted by molar-refractivity contribution is 5.91. The van der Waals surface area contributed by atoms with Gasteiger partial charge >= 0.3 is 12.4 Å². The number of rotatable bonds is 4. The van der Waals surface area contributed by atoms with Gasteiger partial charge in [-0.15, -0.1) is 13.2 Å². The van der Waals surface area contributed by atoms with Gasteiger partial charge in [-0.3, -0.25) is 4.79 Å². The average Bonchev–Trinajstić information content (AvgIpc) is 3.16. The van der Waals surface area contributed by atoms with Crippen LogP contribution in [0, 0.1) is 5.41 Å². The second kappa shape index (κ2) is 7.28. The summed E-state index contributed by atoms with van der Waals surface area (Å²) in [4.78, 5) is 28.6. The first kappa shape index (κ1) is 19.3. The number of amides is 3.